The van der Waals surface area contributed by atoms with Gasteiger partial charge < -0.3 is 4.74 Å². The van der Waals surface area contributed by atoms with Gasteiger partial charge in [0.15, 0.2) is 5.92 Å². The number of carbonyl (C=O) groups is 1. The number of carbonyl (C=O) groups excluding carboxylic acids is 1. The van der Waals surface area contributed by atoms with Crippen molar-refractivity contribution < 1.29 is 14.5 Å². The molecule has 0 N–H and O–H groups in total. The number of hydrogen-bond donors (Lipinski definition) is 0. The van der Waals surface area contributed by atoms with Crippen LogP contribution in [0.15, 0.2) is 28.7 Å². The maximum absolute atomic E-state index is 11.6. The number of ether oxygens (including phenoxy) is 1. The predicted octanol–water partition coefficient (Wildman–Crippen LogP) is 2.12. The lowest BCUT2D eigenvalue weighted by Crippen LogP contribution is -2.27. The highest BCUT2D eigenvalue weighted by Gasteiger charge is 2.35. The van der Waals surface area contributed by atoms with Crippen LogP contribution in [0.4, 0.5) is 0 Å². The molecule has 7 heteroatoms. The quantitative estimate of drug-likeness (QED) is 0.469. The van der Waals surface area contributed by atoms with Gasteiger partial charge in [0.05, 0.1) is 19.1 Å². The molecule has 0 aromatic heterocycles. The largest absolute Gasteiger partial charge is 0.468 e. The molecule has 1 aromatic carbocycles. The van der Waals surface area contributed by atoms with Crippen LogP contribution < -0.4 is 0 Å². The third-order valence-electron chi connectivity index (χ3n) is 2.65. The van der Waals surface area contributed by atoms with Gasteiger partial charge in [0.1, 0.15) is 0 Å². The molecule has 0 bridgehead atoms. The summed E-state index contributed by atoms with van der Waals surface area (Å²) >= 11 is 3.27. The van der Waals surface area contributed by atoms with Crippen molar-refractivity contribution in [3.63, 3.8) is 0 Å². The Hall–Kier alpha value is -1.94. The molecular weight excluding hydrogens is 316 g/mol. The molecule has 0 heterocycles. The lowest BCUT2D eigenvalue weighted by atomic mass is 9.87. The van der Waals surface area contributed by atoms with Gasteiger partial charge in [0.25, 0.3) is 0 Å². The second-order valence-corrected chi connectivity index (χ2v) is 4.63. The molecule has 6 nitrogen and oxygen atoms in total. The second kappa shape index (κ2) is 6.85. The van der Waals surface area contributed by atoms with Crippen LogP contribution >= 0.6 is 15.9 Å². The van der Waals surface area contributed by atoms with Crippen molar-refractivity contribution >= 4 is 21.9 Å². The molecule has 0 aliphatic heterocycles. The number of hydrogen-bond acceptors (Lipinski definition) is 5. The first-order valence-corrected chi connectivity index (χ1v) is 6.14. The molecule has 0 saturated carbocycles. The first-order valence-electron chi connectivity index (χ1n) is 5.35. The fourth-order valence-electron chi connectivity index (χ4n) is 1.75. The van der Waals surface area contributed by atoms with Crippen molar-refractivity contribution in [2.45, 2.75) is 5.92 Å². The van der Waals surface area contributed by atoms with E-state index in [2.05, 4.69) is 20.7 Å². The Kier molecular flexibility index (Phi) is 5.45. The molecule has 1 rings (SSSR count). The van der Waals surface area contributed by atoms with Crippen molar-refractivity contribution in [3.05, 3.63) is 44.4 Å². The summed E-state index contributed by atoms with van der Waals surface area (Å²) < 4.78 is 5.14. The highest BCUT2D eigenvalue weighted by atomic mass is 79.9. The summed E-state index contributed by atoms with van der Waals surface area (Å²) in [6, 6.07) is 8.57. The normalized spacial score (nSPS) is 13.1. The molecule has 0 spiro atoms. The molecule has 0 radical (unpaired) electrons. The smallest absolute Gasteiger partial charge is 0.323 e. The van der Waals surface area contributed by atoms with Crippen LogP contribution in [0.2, 0.25) is 0 Å². The van der Waals surface area contributed by atoms with Crippen LogP contribution in [0.3, 0.4) is 0 Å². The number of nitrogens with zero attached hydrogens (tertiary/aromatic N) is 2. The Bertz CT molecular complexity index is 527. The fraction of sp³-hybridized carbons (Fsp3) is 0.333. The van der Waals surface area contributed by atoms with E-state index in [0.717, 1.165) is 7.11 Å². The van der Waals surface area contributed by atoms with Gasteiger partial charge in [-0.05, 0) is 11.6 Å². The van der Waals surface area contributed by atoms with E-state index in [-0.39, 0.29) is 0 Å². The molecule has 19 heavy (non-hydrogen) atoms. The topological polar surface area (TPSA) is 93.2 Å². The van der Waals surface area contributed by atoms with E-state index in [1.165, 1.54) is 0 Å². The van der Waals surface area contributed by atoms with E-state index in [0.29, 0.717) is 10.0 Å². The van der Waals surface area contributed by atoms with Gasteiger partial charge in [-0.1, -0.05) is 34.1 Å². The number of rotatable bonds is 5. The monoisotopic (exact) mass is 326 g/mol. The zero-order valence-corrected chi connectivity index (χ0v) is 11.7. The van der Waals surface area contributed by atoms with E-state index in [1.807, 2.05) is 0 Å². The number of benzene rings is 1. The summed E-state index contributed by atoms with van der Waals surface area (Å²) in [7, 11) is 1.15. The zero-order valence-electron chi connectivity index (χ0n) is 10.1. The maximum atomic E-state index is 11.6. The Labute approximate surface area is 118 Å². The maximum Gasteiger partial charge on any atom is 0.323 e. The molecular formula is C12H11BrN2O4. The zero-order chi connectivity index (χ0) is 14.4. The van der Waals surface area contributed by atoms with Crippen LogP contribution in [-0.4, -0.2) is 24.5 Å². The van der Waals surface area contributed by atoms with Gasteiger partial charge >= 0.3 is 5.97 Å². The van der Waals surface area contributed by atoms with Crippen molar-refractivity contribution in [1.29, 1.82) is 5.26 Å². The van der Waals surface area contributed by atoms with Crippen molar-refractivity contribution in [3.8, 4) is 6.07 Å². The summed E-state index contributed by atoms with van der Waals surface area (Å²) in [4.78, 5) is 21.8. The first kappa shape index (κ1) is 15.1. The summed E-state index contributed by atoms with van der Waals surface area (Å²) in [5.41, 5.74) is 0.538. The second-order valence-electron chi connectivity index (χ2n) is 3.77. The molecule has 0 saturated heterocycles. The van der Waals surface area contributed by atoms with E-state index in [9.17, 15) is 14.9 Å². The summed E-state index contributed by atoms with van der Waals surface area (Å²) in [6.07, 6.45) is 0. The Morgan fingerprint density at radius 2 is 2.21 bits per heavy atom. The minimum absolute atomic E-state index is 0.518. The Morgan fingerprint density at radius 1 is 1.58 bits per heavy atom. The molecule has 0 amide bonds. The highest BCUT2D eigenvalue weighted by Crippen LogP contribution is 2.31. The fourth-order valence-corrected chi connectivity index (χ4v) is 2.33. The molecule has 0 aliphatic rings. The molecule has 1 aromatic rings. The number of nitro groups is 1. The number of nitriles is 1. The van der Waals surface area contributed by atoms with Crippen molar-refractivity contribution in [2.24, 2.45) is 5.92 Å². The van der Waals surface area contributed by atoms with Gasteiger partial charge in [-0.3, -0.25) is 14.9 Å². The van der Waals surface area contributed by atoms with Gasteiger partial charge in [0, 0.05) is 9.40 Å². The number of halogens is 1. The van der Waals surface area contributed by atoms with Gasteiger partial charge in [-0.2, -0.15) is 5.26 Å². The average molecular weight is 327 g/mol. The van der Waals surface area contributed by atoms with Gasteiger partial charge in [-0.25, -0.2) is 0 Å². The summed E-state index contributed by atoms with van der Waals surface area (Å²) in [6.45, 7) is -0.518. The molecule has 0 fully saturated rings. The molecule has 100 valence electrons. The average Bonchev–Trinajstić information content (AvgIpc) is 2.38. The van der Waals surface area contributed by atoms with Crippen molar-refractivity contribution in [1.82, 2.24) is 0 Å². The van der Waals surface area contributed by atoms with Crippen LogP contribution in [0.25, 0.3) is 0 Å². The molecule has 2 unspecified atom stereocenters. The van der Waals surface area contributed by atoms with Crippen LogP contribution in [0, 0.1) is 27.4 Å². The highest BCUT2D eigenvalue weighted by molar-refractivity contribution is 9.10. The van der Waals surface area contributed by atoms with E-state index in [4.69, 9.17) is 5.26 Å². The molecule has 0 aliphatic carbocycles. The van der Waals surface area contributed by atoms with E-state index < -0.39 is 29.3 Å². The lowest BCUT2D eigenvalue weighted by Gasteiger charge is -2.18. The van der Waals surface area contributed by atoms with Crippen LogP contribution in [0.5, 0.6) is 0 Å². The minimum Gasteiger partial charge on any atom is -0.468 e. The Balaban J connectivity index is 3.22. The third-order valence-corrected chi connectivity index (χ3v) is 3.37. The summed E-state index contributed by atoms with van der Waals surface area (Å²) in [5.74, 6) is -2.85. The van der Waals surface area contributed by atoms with E-state index in [1.54, 1.807) is 30.3 Å². The van der Waals surface area contributed by atoms with Gasteiger partial charge in [0.2, 0.25) is 6.54 Å². The Morgan fingerprint density at radius 3 is 2.68 bits per heavy atom. The number of methoxy groups -OCH3 is 1. The number of esters is 1. The van der Waals surface area contributed by atoms with Crippen LogP contribution in [0.1, 0.15) is 11.5 Å². The predicted molar refractivity (Wildman–Crippen MR) is 69.9 cm³/mol. The van der Waals surface area contributed by atoms with Gasteiger partial charge in [-0.15, -0.1) is 0 Å². The third kappa shape index (κ3) is 3.76. The lowest BCUT2D eigenvalue weighted by molar-refractivity contribution is -0.484. The minimum atomic E-state index is -1.21. The van der Waals surface area contributed by atoms with Crippen molar-refractivity contribution in [2.75, 3.05) is 13.7 Å². The first-order chi connectivity index (χ1) is 9.01. The SMILES string of the molecule is COC(=O)C(C#N)C(C[N+](=O)[O-])c1ccccc1Br. The summed E-state index contributed by atoms with van der Waals surface area (Å²) in [5, 5.41) is 19.8. The van der Waals surface area contributed by atoms with E-state index >= 15 is 0 Å². The standard InChI is InChI=1S/C12H11BrN2O4/c1-19-12(16)9(6-14)10(7-15(17)18)8-4-2-3-5-11(8)13/h2-5,9-10H,7H2,1H3. The molecule has 2 atom stereocenters. The van der Waals surface area contributed by atoms with Crippen LogP contribution in [-0.2, 0) is 9.53 Å².